The Bertz CT molecular complexity index is 1000. The van der Waals surface area contributed by atoms with E-state index in [1.54, 1.807) is 36.4 Å². The third kappa shape index (κ3) is 4.56. The third-order valence-corrected chi connectivity index (χ3v) is 4.28. The molecule has 3 aromatic carbocycles. The first-order chi connectivity index (χ1) is 12.8. The molecule has 0 saturated carbocycles. The minimum absolute atomic E-state index is 0.197. The van der Waals surface area contributed by atoms with Gasteiger partial charge in [0, 0.05) is 17.5 Å². The maximum Gasteiger partial charge on any atom is 0.171 e. The van der Waals surface area contributed by atoms with E-state index in [9.17, 15) is 18.7 Å². The summed E-state index contributed by atoms with van der Waals surface area (Å²) in [7, 11) is 0. The van der Waals surface area contributed by atoms with E-state index in [0.29, 0.717) is 28.2 Å². The Hall–Kier alpha value is -2.63. The second-order valence-electron chi connectivity index (χ2n) is 5.70. The molecule has 3 rings (SSSR count). The van der Waals surface area contributed by atoms with Crippen molar-refractivity contribution in [1.29, 1.82) is 0 Å². The maximum absolute atomic E-state index is 13.4. The number of carbonyl (C=O) groups is 1. The van der Waals surface area contributed by atoms with Crippen molar-refractivity contribution in [2.75, 3.05) is 0 Å². The first-order valence-electron chi connectivity index (χ1n) is 7.76. The van der Waals surface area contributed by atoms with Crippen molar-refractivity contribution in [1.82, 2.24) is 0 Å². The van der Waals surface area contributed by atoms with Crippen molar-refractivity contribution < 1.29 is 23.4 Å². The topological polar surface area (TPSA) is 46.5 Å². The molecule has 0 heterocycles. The molecule has 0 aliphatic rings. The summed E-state index contributed by atoms with van der Waals surface area (Å²) in [5.41, 5.74) is 0.0719. The number of rotatable bonds is 5. The fourth-order valence-corrected chi connectivity index (χ4v) is 2.79. The highest BCUT2D eigenvalue weighted by atomic mass is 35.5. The molecule has 0 spiro atoms. The minimum atomic E-state index is -1.19. The van der Waals surface area contributed by atoms with E-state index in [1.165, 1.54) is 6.07 Å². The number of aromatic hydroxyl groups is 1. The zero-order valence-corrected chi connectivity index (χ0v) is 15.2. The Morgan fingerprint density at radius 3 is 2.37 bits per heavy atom. The van der Waals surface area contributed by atoms with Gasteiger partial charge in [0.15, 0.2) is 17.3 Å². The van der Waals surface area contributed by atoms with Gasteiger partial charge in [0.2, 0.25) is 0 Å². The number of hydrogen-bond donors (Lipinski definition) is 1. The molecule has 0 aromatic heterocycles. The number of phenolic OH excluding ortho intramolecular Hbond substituents is 1. The van der Waals surface area contributed by atoms with Gasteiger partial charge in [-0.05, 0) is 48.0 Å². The number of benzene rings is 3. The summed E-state index contributed by atoms with van der Waals surface area (Å²) < 4.78 is 32.4. The summed E-state index contributed by atoms with van der Waals surface area (Å²) >= 11 is 12.0. The highest BCUT2D eigenvalue weighted by molar-refractivity contribution is 6.32. The van der Waals surface area contributed by atoms with Crippen LogP contribution < -0.4 is 4.74 Å². The van der Waals surface area contributed by atoms with Gasteiger partial charge in [0.1, 0.15) is 17.3 Å². The van der Waals surface area contributed by atoms with Gasteiger partial charge in [-0.2, -0.15) is 0 Å². The Morgan fingerprint density at radius 2 is 1.70 bits per heavy atom. The number of halogens is 4. The molecular weight excluding hydrogens is 397 g/mol. The van der Waals surface area contributed by atoms with Crippen LogP contribution in [0.3, 0.4) is 0 Å². The molecule has 138 valence electrons. The first-order valence-corrected chi connectivity index (χ1v) is 8.52. The lowest BCUT2D eigenvalue weighted by Gasteiger charge is -2.10. The molecule has 27 heavy (non-hydrogen) atoms. The smallest absolute Gasteiger partial charge is 0.171 e. The van der Waals surface area contributed by atoms with Crippen LogP contribution in [0.1, 0.15) is 15.9 Å². The molecule has 0 amide bonds. The second kappa shape index (κ2) is 7.94. The summed E-state index contributed by atoms with van der Waals surface area (Å²) in [4.78, 5) is 12.3. The van der Waals surface area contributed by atoms with Crippen molar-refractivity contribution in [2.45, 2.75) is 6.42 Å². The van der Waals surface area contributed by atoms with Crippen LogP contribution in [0.15, 0.2) is 54.6 Å². The molecular formula is C20H12Cl2F2O3. The largest absolute Gasteiger partial charge is 0.504 e. The lowest BCUT2D eigenvalue weighted by molar-refractivity contribution is 0.0989. The van der Waals surface area contributed by atoms with Gasteiger partial charge in [-0.1, -0.05) is 29.3 Å². The van der Waals surface area contributed by atoms with Gasteiger partial charge in [-0.3, -0.25) is 4.79 Å². The van der Waals surface area contributed by atoms with E-state index in [1.807, 2.05) is 0 Å². The number of Topliss-reactive ketones (excluding diaryl/α,β-unsaturated/α-hetero) is 1. The normalized spacial score (nSPS) is 10.7. The predicted octanol–water partition coefficient (Wildman–Crippen LogP) is 6.19. The van der Waals surface area contributed by atoms with Crippen LogP contribution in [0.2, 0.25) is 10.0 Å². The molecule has 0 atom stereocenters. The van der Waals surface area contributed by atoms with Crippen molar-refractivity contribution >= 4 is 29.0 Å². The number of carbonyl (C=O) groups excluding carboxylic acids is 1. The van der Waals surface area contributed by atoms with Gasteiger partial charge in [0.25, 0.3) is 0 Å². The van der Waals surface area contributed by atoms with E-state index in [2.05, 4.69) is 0 Å². The quantitative estimate of drug-likeness (QED) is 0.511. The molecule has 3 aromatic rings. The number of ether oxygens (including phenoxy) is 1. The molecule has 7 heteroatoms. The van der Waals surface area contributed by atoms with Gasteiger partial charge < -0.3 is 9.84 Å². The Labute approximate surface area is 163 Å². The van der Waals surface area contributed by atoms with Crippen molar-refractivity contribution in [2.24, 2.45) is 0 Å². The zero-order chi connectivity index (χ0) is 19.6. The van der Waals surface area contributed by atoms with Crippen LogP contribution in [-0.2, 0) is 6.42 Å². The standard InChI is InChI=1S/C20H12Cl2F2O3/c21-12-2-4-14(5-3-12)27-19-6-1-11(7-16(19)22)8-18(25)15-9-13(23)10-17(24)20(15)26/h1-7,9-10,26H,8H2. The van der Waals surface area contributed by atoms with Gasteiger partial charge >= 0.3 is 0 Å². The van der Waals surface area contributed by atoms with Gasteiger partial charge in [0.05, 0.1) is 10.6 Å². The van der Waals surface area contributed by atoms with Gasteiger partial charge in [-0.15, -0.1) is 0 Å². The van der Waals surface area contributed by atoms with E-state index < -0.39 is 28.7 Å². The van der Waals surface area contributed by atoms with Crippen molar-refractivity contribution in [3.63, 3.8) is 0 Å². The second-order valence-corrected chi connectivity index (χ2v) is 6.55. The molecule has 0 bridgehead atoms. The summed E-state index contributed by atoms with van der Waals surface area (Å²) in [6, 6.07) is 12.7. The van der Waals surface area contributed by atoms with Crippen molar-refractivity contribution in [3.05, 3.63) is 87.4 Å². The molecule has 0 aliphatic heterocycles. The van der Waals surface area contributed by atoms with E-state index in [4.69, 9.17) is 27.9 Å². The Morgan fingerprint density at radius 1 is 1.00 bits per heavy atom. The molecule has 0 unspecified atom stereocenters. The SMILES string of the molecule is O=C(Cc1ccc(Oc2ccc(Cl)cc2)c(Cl)c1)c1cc(F)cc(F)c1O. The molecule has 0 saturated heterocycles. The molecule has 0 aliphatic carbocycles. The highest BCUT2D eigenvalue weighted by Crippen LogP contribution is 2.31. The van der Waals surface area contributed by atoms with E-state index in [-0.39, 0.29) is 11.4 Å². The lowest BCUT2D eigenvalue weighted by Crippen LogP contribution is -2.05. The maximum atomic E-state index is 13.4. The molecule has 0 fully saturated rings. The van der Waals surface area contributed by atoms with E-state index in [0.717, 1.165) is 6.07 Å². The summed E-state index contributed by atoms with van der Waals surface area (Å²) in [5, 5.41) is 10.5. The summed E-state index contributed by atoms with van der Waals surface area (Å²) in [6.07, 6.45) is -0.197. The van der Waals surface area contributed by atoms with Crippen LogP contribution in [-0.4, -0.2) is 10.9 Å². The fourth-order valence-electron chi connectivity index (χ4n) is 2.43. The molecule has 3 nitrogen and oxygen atoms in total. The predicted molar refractivity (Wildman–Crippen MR) is 99.0 cm³/mol. The minimum Gasteiger partial charge on any atom is -0.504 e. The summed E-state index contributed by atoms with van der Waals surface area (Å²) in [6.45, 7) is 0. The average molecular weight is 409 g/mol. The molecule has 0 radical (unpaired) electrons. The van der Waals surface area contributed by atoms with Crippen LogP contribution in [0.4, 0.5) is 8.78 Å². The van der Waals surface area contributed by atoms with Crippen LogP contribution >= 0.6 is 23.2 Å². The number of ketones is 1. The van der Waals surface area contributed by atoms with Crippen molar-refractivity contribution in [3.8, 4) is 17.2 Å². The molecule has 1 N–H and O–H groups in total. The summed E-state index contributed by atoms with van der Waals surface area (Å²) in [5.74, 6) is -2.76. The fraction of sp³-hybridized carbons (Fsp3) is 0.0500. The van der Waals surface area contributed by atoms with Gasteiger partial charge in [-0.25, -0.2) is 8.78 Å². The Kier molecular flexibility index (Phi) is 5.63. The number of phenols is 1. The zero-order valence-electron chi connectivity index (χ0n) is 13.7. The van der Waals surface area contributed by atoms with Crippen LogP contribution in [0, 0.1) is 11.6 Å². The highest BCUT2D eigenvalue weighted by Gasteiger charge is 2.18. The Balaban J connectivity index is 1.78. The lowest BCUT2D eigenvalue weighted by atomic mass is 10.0. The van der Waals surface area contributed by atoms with E-state index >= 15 is 0 Å². The average Bonchev–Trinajstić information content (AvgIpc) is 2.62. The van der Waals surface area contributed by atoms with Crippen LogP contribution in [0.25, 0.3) is 0 Å². The monoisotopic (exact) mass is 408 g/mol. The number of hydrogen-bond acceptors (Lipinski definition) is 3. The van der Waals surface area contributed by atoms with Crippen LogP contribution in [0.5, 0.6) is 17.2 Å². The first kappa shape index (κ1) is 19.1. The third-order valence-electron chi connectivity index (χ3n) is 3.73.